The Morgan fingerprint density at radius 3 is 2.69 bits per heavy atom. The highest BCUT2D eigenvalue weighted by Gasteiger charge is 2.44. The van der Waals surface area contributed by atoms with E-state index in [0.717, 1.165) is 12.8 Å². The molecule has 1 aliphatic rings. The first-order chi connectivity index (χ1) is 7.61. The zero-order valence-corrected chi connectivity index (χ0v) is 9.60. The summed E-state index contributed by atoms with van der Waals surface area (Å²) in [5, 5.41) is 8.76. The molecule has 16 heavy (non-hydrogen) atoms. The van der Waals surface area contributed by atoms with Crippen molar-refractivity contribution in [2.45, 2.75) is 24.2 Å². The summed E-state index contributed by atoms with van der Waals surface area (Å²) in [5.41, 5.74) is -0.0845. The van der Waals surface area contributed by atoms with Crippen LogP contribution in [0.5, 0.6) is 0 Å². The molecule has 1 aliphatic carbocycles. The van der Waals surface area contributed by atoms with E-state index in [1.54, 1.807) is 18.2 Å². The molecule has 4 heteroatoms. The van der Waals surface area contributed by atoms with Gasteiger partial charge in [-0.25, -0.2) is 4.39 Å². The maximum atomic E-state index is 13.3. The number of rotatable bonds is 5. The third kappa shape index (κ3) is 2.76. The molecule has 0 bridgehead atoms. The van der Waals surface area contributed by atoms with Crippen molar-refractivity contribution < 1.29 is 14.3 Å². The highest BCUT2D eigenvalue weighted by molar-refractivity contribution is 7.99. The predicted molar refractivity (Wildman–Crippen MR) is 61.0 cm³/mol. The van der Waals surface area contributed by atoms with Crippen molar-refractivity contribution in [2.75, 3.05) is 5.75 Å². The zero-order chi connectivity index (χ0) is 11.6. The number of carbonyl (C=O) groups is 1. The van der Waals surface area contributed by atoms with E-state index in [1.165, 1.54) is 17.8 Å². The monoisotopic (exact) mass is 240 g/mol. The lowest BCUT2D eigenvalue weighted by molar-refractivity contribution is -0.138. The van der Waals surface area contributed by atoms with E-state index in [4.69, 9.17) is 5.11 Å². The van der Waals surface area contributed by atoms with Gasteiger partial charge in [0.2, 0.25) is 0 Å². The molecule has 2 rings (SSSR count). The molecule has 0 amide bonds. The van der Waals surface area contributed by atoms with E-state index < -0.39 is 5.97 Å². The molecule has 0 spiro atoms. The fraction of sp³-hybridized carbons (Fsp3) is 0.417. The van der Waals surface area contributed by atoms with Gasteiger partial charge in [-0.1, -0.05) is 12.1 Å². The van der Waals surface area contributed by atoms with Gasteiger partial charge in [-0.05, 0) is 30.4 Å². The summed E-state index contributed by atoms with van der Waals surface area (Å²) in [6, 6.07) is 6.61. The maximum absolute atomic E-state index is 13.3. The largest absolute Gasteiger partial charge is 0.481 e. The molecule has 1 N–H and O–H groups in total. The third-order valence-electron chi connectivity index (χ3n) is 2.85. The summed E-state index contributed by atoms with van der Waals surface area (Å²) in [6.45, 7) is 0. The van der Waals surface area contributed by atoms with Crippen LogP contribution in [0.25, 0.3) is 0 Å². The Balaban J connectivity index is 1.93. The second kappa shape index (κ2) is 4.45. The Bertz CT molecular complexity index is 402. The number of hydrogen-bond donors (Lipinski definition) is 1. The second-order valence-corrected chi connectivity index (χ2v) is 5.31. The van der Waals surface area contributed by atoms with Crippen molar-refractivity contribution in [3.8, 4) is 0 Å². The zero-order valence-electron chi connectivity index (χ0n) is 8.78. The first-order valence-electron chi connectivity index (χ1n) is 5.20. The number of carboxylic acids is 1. The molecule has 1 aromatic rings. The number of aliphatic carboxylic acids is 1. The molecule has 0 unspecified atom stereocenters. The highest BCUT2D eigenvalue weighted by Crippen LogP contribution is 2.52. The summed E-state index contributed by atoms with van der Waals surface area (Å²) in [6.07, 6.45) is 2.09. The Labute approximate surface area is 97.9 Å². The lowest BCUT2D eigenvalue weighted by atomic mass is 10.1. The molecule has 0 atom stereocenters. The third-order valence-corrected chi connectivity index (χ3v) is 4.25. The molecule has 0 saturated heterocycles. The Kier molecular flexibility index (Phi) is 3.19. The van der Waals surface area contributed by atoms with Gasteiger partial charge < -0.3 is 5.11 Å². The van der Waals surface area contributed by atoms with Crippen LogP contribution in [0, 0.1) is 11.2 Å². The molecular weight excluding hydrogens is 227 g/mol. The van der Waals surface area contributed by atoms with Crippen molar-refractivity contribution in [3.63, 3.8) is 0 Å². The fourth-order valence-corrected chi connectivity index (χ4v) is 2.90. The van der Waals surface area contributed by atoms with E-state index >= 15 is 0 Å². The van der Waals surface area contributed by atoms with Crippen LogP contribution in [0.15, 0.2) is 29.2 Å². The average Bonchev–Trinajstić information content (AvgIpc) is 2.96. The van der Waals surface area contributed by atoms with Crippen LogP contribution >= 0.6 is 11.8 Å². The molecule has 1 saturated carbocycles. The van der Waals surface area contributed by atoms with Gasteiger partial charge in [-0.3, -0.25) is 4.79 Å². The van der Waals surface area contributed by atoms with E-state index in [2.05, 4.69) is 0 Å². The summed E-state index contributed by atoms with van der Waals surface area (Å²) in [4.78, 5) is 11.3. The van der Waals surface area contributed by atoms with Crippen LogP contribution in [0.3, 0.4) is 0 Å². The van der Waals surface area contributed by atoms with Gasteiger partial charge in [0.1, 0.15) is 5.82 Å². The summed E-state index contributed by atoms with van der Waals surface area (Å²) in [7, 11) is 0. The van der Waals surface area contributed by atoms with E-state index in [9.17, 15) is 9.18 Å². The summed E-state index contributed by atoms with van der Waals surface area (Å²) >= 11 is 1.42. The quantitative estimate of drug-likeness (QED) is 0.803. The van der Waals surface area contributed by atoms with Gasteiger partial charge in [0, 0.05) is 10.6 Å². The lowest BCUT2D eigenvalue weighted by Gasteiger charge is -2.11. The average molecular weight is 240 g/mol. The molecule has 1 fully saturated rings. The van der Waals surface area contributed by atoms with Crippen LogP contribution in [-0.4, -0.2) is 16.8 Å². The highest BCUT2D eigenvalue weighted by atomic mass is 32.2. The normalized spacial score (nSPS) is 17.1. The van der Waals surface area contributed by atoms with Crippen molar-refractivity contribution in [3.05, 3.63) is 30.1 Å². The number of thioether (sulfide) groups is 1. The molecule has 86 valence electrons. The SMILES string of the molecule is O=C(O)CC1(CSc2ccccc2F)CC1. The fourth-order valence-electron chi connectivity index (χ4n) is 1.66. The van der Waals surface area contributed by atoms with Crippen molar-refractivity contribution in [1.82, 2.24) is 0 Å². The van der Waals surface area contributed by atoms with Crippen LogP contribution in [0.1, 0.15) is 19.3 Å². The smallest absolute Gasteiger partial charge is 0.303 e. The lowest BCUT2D eigenvalue weighted by Crippen LogP contribution is -2.11. The molecule has 2 nitrogen and oxygen atoms in total. The predicted octanol–water partition coefficient (Wildman–Crippen LogP) is 3.17. The van der Waals surface area contributed by atoms with Gasteiger partial charge in [-0.15, -0.1) is 11.8 Å². The first kappa shape index (κ1) is 11.5. The van der Waals surface area contributed by atoms with Gasteiger partial charge in [0.15, 0.2) is 0 Å². The molecule has 0 radical (unpaired) electrons. The van der Waals surface area contributed by atoms with Crippen LogP contribution in [0.2, 0.25) is 0 Å². The minimum absolute atomic E-state index is 0.0845. The molecule has 0 aliphatic heterocycles. The molecular formula is C12H13FO2S. The topological polar surface area (TPSA) is 37.3 Å². The number of carboxylic acid groups (broad SMARTS) is 1. The minimum Gasteiger partial charge on any atom is -0.481 e. The molecule has 0 heterocycles. The molecule has 1 aromatic carbocycles. The van der Waals surface area contributed by atoms with Crippen molar-refractivity contribution in [1.29, 1.82) is 0 Å². The first-order valence-corrected chi connectivity index (χ1v) is 6.19. The number of halogens is 1. The van der Waals surface area contributed by atoms with Gasteiger partial charge in [0.25, 0.3) is 0 Å². The number of hydrogen-bond acceptors (Lipinski definition) is 2. The van der Waals surface area contributed by atoms with Gasteiger partial charge in [-0.2, -0.15) is 0 Å². The summed E-state index contributed by atoms with van der Waals surface area (Å²) < 4.78 is 13.3. The van der Waals surface area contributed by atoms with Crippen molar-refractivity contribution >= 4 is 17.7 Å². The summed E-state index contributed by atoms with van der Waals surface area (Å²) in [5.74, 6) is -0.287. The molecule has 0 aromatic heterocycles. The Morgan fingerprint density at radius 2 is 2.12 bits per heavy atom. The second-order valence-electron chi connectivity index (χ2n) is 4.29. The van der Waals surface area contributed by atoms with Crippen LogP contribution < -0.4 is 0 Å². The Hall–Kier alpha value is -1.03. The van der Waals surface area contributed by atoms with E-state index in [0.29, 0.717) is 10.6 Å². The van der Waals surface area contributed by atoms with Gasteiger partial charge in [0.05, 0.1) is 6.42 Å². The number of benzene rings is 1. The standard InChI is InChI=1S/C12H13FO2S/c13-9-3-1-2-4-10(9)16-8-12(5-6-12)7-11(14)15/h1-4H,5-8H2,(H,14,15). The van der Waals surface area contributed by atoms with Crippen LogP contribution in [0.4, 0.5) is 4.39 Å². The van der Waals surface area contributed by atoms with E-state index in [1.807, 2.05) is 0 Å². The van der Waals surface area contributed by atoms with E-state index in [-0.39, 0.29) is 17.7 Å². The van der Waals surface area contributed by atoms with Crippen molar-refractivity contribution in [2.24, 2.45) is 5.41 Å². The Morgan fingerprint density at radius 1 is 1.44 bits per heavy atom. The van der Waals surface area contributed by atoms with Gasteiger partial charge >= 0.3 is 5.97 Å². The van der Waals surface area contributed by atoms with Crippen LogP contribution in [-0.2, 0) is 4.79 Å². The maximum Gasteiger partial charge on any atom is 0.303 e. The minimum atomic E-state index is -0.758.